The van der Waals surface area contributed by atoms with Gasteiger partial charge in [-0.2, -0.15) is 0 Å². The van der Waals surface area contributed by atoms with Crippen molar-refractivity contribution in [1.29, 1.82) is 0 Å². The van der Waals surface area contributed by atoms with Crippen LogP contribution in [-0.4, -0.2) is 108 Å². The van der Waals surface area contributed by atoms with Crippen molar-refractivity contribution >= 4 is 47.0 Å². The van der Waals surface area contributed by atoms with E-state index in [9.17, 15) is 33.6 Å². The Labute approximate surface area is 325 Å². The summed E-state index contributed by atoms with van der Waals surface area (Å²) in [5.74, 6) is -3.43. The van der Waals surface area contributed by atoms with E-state index in [1.54, 1.807) is 4.90 Å². The van der Waals surface area contributed by atoms with Gasteiger partial charge in [0.15, 0.2) is 0 Å². The number of urea groups is 1. The summed E-state index contributed by atoms with van der Waals surface area (Å²) in [6.07, 6.45) is 3.07. The van der Waals surface area contributed by atoms with Gasteiger partial charge in [0.05, 0.1) is 25.2 Å². The van der Waals surface area contributed by atoms with Crippen LogP contribution in [0.4, 0.5) is 10.5 Å². The summed E-state index contributed by atoms with van der Waals surface area (Å²) in [5, 5.41) is 11.1. The SMILES string of the molecule is C=CCNC(=O)C(=O)C(CCCC)NC(=O)[C@@H]1[C@@H]2[C@H](CN1C(=O)[C@@H](NC(=O)N[C@@H](CN1C(=O)CN(c3ccccc3)CC1=O)C(C)(C)C)C(C)(C)C)C2(C)C. The monoisotopic (exact) mass is 763 g/mol. The van der Waals surface area contributed by atoms with Crippen molar-refractivity contribution in [3.8, 4) is 0 Å². The predicted octanol–water partition coefficient (Wildman–Crippen LogP) is 3.02. The van der Waals surface area contributed by atoms with E-state index < -0.39 is 64.5 Å². The van der Waals surface area contributed by atoms with Gasteiger partial charge >= 0.3 is 6.03 Å². The number of benzene rings is 1. The van der Waals surface area contributed by atoms with E-state index in [0.717, 1.165) is 12.1 Å². The number of carbonyl (C=O) groups is 7. The number of anilines is 1. The Morgan fingerprint density at radius 3 is 2.09 bits per heavy atom. The van der Waals surface area contributed by atoms with Crippen LogP contribution in [-0.2, 0) is 28.8 Å². The molecule has 1 aromatic rings. The zero-order chi connectivity index (χ0) is 41.0. The standard InChI is InChI=1S/C41H61N7O7/c1-11-13-19-27(33(51)36(53)42-20-12-2)43-35(52)32-31-26(41(31,9)10)21-48(32)37(54)34(40(6,7)8)45-38(55)44-28(39(3,4)5)22-47-29(49)23-46(24-30(47)50)25-17-15-14-16-18-25/h12,14-18,26-28,31-32,34H,2,11,13,19-24H2,1,3-10H3,(H,42,53)(H,43,52)(H2,44,45,55)/t26-,27?,28-,31-,32-,34+/m0/s1. The summed E-state index contributed by atoms with van der Waals surface area (Å²) in [5.41, 5.74) is -0.847. The van der Waals surface area contributed by atoms with Crippen LogP contribution in [0.15, 0.2) is 43.0 Å². The van der Waals surface area contributed by atoms with Gasteiger partial charge in [-0.3, -0.25) is 33.7 Å². The Morgan fingerprint density at radius 2 is 1.55 bits per heavy atom. The van der Waals surface area contributed by atoms with E-state index in [4.69, 9.17) is 0 Å². The second kappa shape index (κ2) is 16.9. The van der Waals surface area contributed by atoms with E-state index in [2.05, 4.69) is 27.8 Å². The number of fused-ring (bicyclic) bond motifs is 1. The van der Waals surface area contributed by atoms with Gasteiger partial charge in [0.1, 0.15) is 12.1 Å². The number of piperidine rings is 1. The van der Waals surface area contributed by atoms with E-state index in [1.165, 1.54) is 15.9 Å². The highest BCUT2D eigenvalue weighted by Gasteiger charge is 2.70. The Kier molecular flexibility index (Phi) is 13.2. The van der Waals surface area contributed by atoms with Crippen LogP contribution in [0.3, 0.4) is 0 Å². The van der Waals surface area contributed by atoms with Crippen molar-refractivity contribution in [3.63, 3.8) is 0 Å². The number of nitrogens with one attached hydrogen (secondary N) is 4. The fourth-order valence-electron chi connectivity index (χ4n) is 7.74. The molecule has 2 aliphatic heterocycles. The van der Waals surface area contributed by atoms with E-state index in [-0.39, 0.29) is 61.7 Å². The first-order valence-electron chi connectivity index (χ1n) is 19.4. The molecule has 6 atom stereocenters. The van der Waals surface area contributed by atoms with Crippen molar-refractivity contribution in [1.82, 2.24) is 31.1 Å². The molecule has 4 rings (SSSR count). The third-order valence-corrected chi connectivity index (χ3v) is 11.4. The summed E-state index contributed by atoms with van der Waals surface area (Å²) in [7, 11) is 0. The second-order valence-electron chi connectivity index (χ2n) is 17.9. The molecule has 0 aromatic heterocycles. The lowest BCUT2D eigenvalue weighted by Crippen LogP contribution is -2.63. The van der Waals surface area contributed by atoms with Crippen molar-refractivity contribution in [2.45, 2.75) is 106 Å². The lowest BCUT2D eigenvalue weighted by Gasteiger charge is -2.40. The van der Waals surface area contributed by atoms with Crippen LogP contribution in [0.5, 0.6) is 0 Å². The molecule has 2 heterocycles. The average Bonchev–Trinajstić information content (AvgIpc) is 3.41. The summed E-state index contributed by atoms with van der Waals surface area (Å²) in [6.45, 7) is 21.1. The number of amides is 7. The Hall–Kier alpha value is -4.75. The molecule has 0 spiro atoms. The fraction of sp³-hybridized carbons (Fsp3) is 0.634. The third kappa shape index (κ3) is 9.93. The highest BCUT2D eigenvalue weighted by Crippen LogP contribution is 2.65. The smallest absolute Gasteiger partial charge is 0.315 e. The number of para-hydroxylation sites is 1. The minimum absolute atomic E-state index is 0.0127. The van der Waals surface area contributed by atoms with Crippen LogP contribution in [0.1, 0.15) is 81.6 Å². The number of ketones is 1. The lowest BCUT2D eigenvalue weighted by atomic mass is 9.84. The van der Waals surface area contributed by atoms with Gasteiger partial charge in [-0.05, 0) is 46.6 Å². The molecule has 14 heteroatoms. The topological polar surface area (TPSA) is 177 Å². The van der Waals surface area contributed by atoms with Gasteiger partial charge in [-0.15, -0.1) is 6.58 Å². The molecule has 0 radical (unpaired) electrons. The molecule has 1 saturated carbocycles. The normalized spacial score (nSPS) is 22.2. The van der Waals surface area contributed by atoms with Gasteiger partial charge < -0.3 is 31.1 Å². The van der Waals surface area contributed by atoms with Gasteiger partial charge in [0.2, 0.25) is 29.4 Å². The first-order valence-corrected chi connectivity index (χ1v) is 19.4. The van der Waals surface area contributed by atoms with Crippen LogP contribution in [0.25, 0.3) is 0 Å². The zero-order valence-electron chi connectivity index (χ0n) is 34.0. The number of likely N-dealkylation sites (tertiary alicyclic amines) is 1. The molecular formula is C41H61N7O7. The van der Waals surface area contributed by atoms with Crippen molar-refractivity contribution in [2.75, 3.05) is 37.6 Å². The molecule has 14 nitrogen and oxygen atoms in total. The molecule has 0 bridgehead atoms. The minimum Gasteiger partial charge on any atom is -0.353 e. The van der Waals surface area contributed by atoms with E-state index >= 15 is 0 Å². The number of unbranched alkanes of at least 4 members (excludes halogenated alkanes) is 1. The Morgan fingerprint density at radius 1 is 0.927 bits per heavy atom. The molecule has 1 aliphatic carbocycles. The minimum atomic E-state index is -1.07. The average molecular weight is 764 g/mol. The third-order valence-electron chi connectivity index (χ3n) is 11.4. The first kappa shape index (κ1) is 43.0. The van der Waals surface area contributed by atoms with Crippen molar-refractivity contribution < 1.29 is 33.6 Å². The number of nitrogens with zero attached hydrogens (tertiary/aromatic N) is 3. The molecule has 2 saturated heterocycles. The van der Waals surface area contributed by atoms with Gasteiger partial charge in [0.25, 0.3) is 5.91 Å². The van der Waals surface area contributed by atoms with E-state index in [0.29, 0.717) is 13.0 Å². The van der Waals surface area contributed by atoms with Crippen LogP contribution in [0.2, 0.25) is 0 Å². The number of piperazine rings is 1. The number of rotatable bonds is 15. The van der Waals surface area contributed by atoms with E-state index in [1.807, 2.05) is 92.6 Å². The maximum absolute atomic E-state index is 14.5. The highest BCUT2D eigenvalue weighted by atomic mass is 16.2. The molecule has 1 unspecified atom stereocenters. The van der Waals surface area contributed by atoms with Crippen LogP contribution >= 0.6 is 0 Å². The van der Waals surface area contributed by atoms with Crippen LogP contribution in [0, 0.1) is 28.1 Å². The second-order valence-corrected chi connectivity index (χ2v) is 17.9. The van der Waals surface area contributed by atoms with Crippen molar-refractivity contribution in [3.05, 3.63) is 43.0 Å². The van der Waals surface area contributed by atoms with Gasteiger partial charge in [-0.25, -0.2) is 4.79 Å². The maximum atomic E-state index is 14.5. The Bertz CT molecular complexity index is 1630. The quantitative estimate of drug-likeness (QED) is 0.120. The lowest BCUT2D eigenvalue weighted by molar-refractivity contribution is -0.146. The summed E-state index contributed by atoms with van der Waals surface area (Å²) < 4.78 is 0. The molecule has 4 N–H and O–H groups in total. The van der Waals surface area contributed by atoms with Crippen LogP contribution < -0.4 is 26.2 Å². The number of hydrogen-bond donors (Lipinski definition) is 4. The summed E-state index contributed by atoms with van der Waals surface area (Å²) >= 11 is 0. The largest absolute Gasteiger partial charge is 0.353 e. The molecule has 3 fully saturated rings. The molecule has 1 aromatic carbocycles. The summed E-state index contributed by atoms with van der Waals surface area (Å²) in [4.78, 5) is 99.2. The number of Topliss-reactive ketones (excluding diaryl/α,β-unsaturated/α-hetero) is 1. The summed E-state index contributed by atoms with van der Waals surface area (Å²) in [6, 6.07) is 4.86. The number of carbonyl (C=O) groups excluding carboxylic acids is 7. The zero-order valence-corrected chi connectivity index (χ0v) is 34.0. The number of imide groups is 1. The predicted molar refractivity (Wildman–Crippen MR) is 209 cm³/mol. The molecule has 302 valence electrons. The molecular weight excluding hydrogens is 702 g/mol. The molecule has 3 aliphatic rings. The molecule has 7 amide bonds. The number of hydrogen-bond acceptors (Lipinski definition) is 8. The van der Waals surface area contributed by atoms with Gasteiger partial charge in [-0.1, -0.05) is 99.4 Å². The van der Waals surface area contributed by atoms with Gasteiger partial charge in [0, 0.05) is 25.3 Å². The first-order chi connectivity index (χ1) is 25.6. The fourth-order valence-corrected chi connectivity index (χ4v) is 7.74. The Balaban J connectivity index is 1.50. The van der Waals surface area contributed by atoms with Crippen molar-refractivity contribution in [2.24, 2.45) is 28.1 Å². The maximum Gasteiger partial charge on any atom is 0.315 e. The highest BCUT2D eigenvalue weighted by molar-refractivity contribution is 6.38. The molecule has 55 heavy (non-hydrogen) atoms.